The molecule has 2 aromatic carbocycles. The number of pyridine rings is 2. The minimum Gasteiger partial charge on any atom is -0.269 e. The first kappa shape index (κ1) is 18.6. The summed E-state index contributed by atoms with van der Waals surface area (Å²) in [5, 5.41) is 10.3. The number of para-hydroxylation sites is 1. The Morgan fingerprint density at radius 2 is 1.61 bits per heavy atom. The molecule has 6 nitrogen and oxygen atoms in total. The minimum absolute atomic E-state index is 0.328. The van der Waals surface area contributed by atoms with Crippen LogP contribution >= 0.6 is 0 Å². The number of fused-ring (bicyclic) bond motifs is 2. The monoisotopic (exact) mass is 404 g/mol. The molecule has 5 rings (SSSR count). The summed E-state index contributed by atoms with van der Waals surface area (Å²) in [7, 11) is 0. The maximum absolute atomic E-state index is 13.1. The van der Waals surface area contributed by atoms with E-state index in [0.717, 1.165) is 10.9 Å². The number of benzene rings is 2. The van der Waals surface area contributed by atoms with E-state index in [2.05, 4.69) is 16.0 Å². The van der Waals surface area contributed by atoms with E-state index in [1.165, 1.54) is 4.90 Å². The van der Waals surface area contributed by atoms with Crippen molar-refractivity contribution < 1.29 is 9.59 Å². The van der Waals surface area contributed by atoms with Crippen molar-refractivity contribution in [1.82, 2.24) is 14.9 Å². The number of aromatic nitrogens is 2. The summed E-state index contributed by atoms with van der Waals surface area (Å²) < 4.78 is 0. The summed E-state index contributed by atoms with van der Waals surface area (Å²) >= 11 is 0. The van der Waals surface area contributed by atoms with Gasteiger partial charge in [-0.25, -0.2) is 0 Å². The van der Waals surface area contributed by atoms with Crippen LogP contribution in [0.15, 0.2) is 73.1 Å². The van der Waals surface area contributed by atoms with Crippen molar-refractivity contribution in [3.05, 3.63) is 95.3 Å². The van der Waals surface area contributed by atoms with Crippen LogP contribution < -0.4 is 0 Å². The summed E-state index contributed by atoms with van der Waals surface area (Å²) in [6, 6.07) is 19.4. The summed E-state index contributed by atoms with van der Waals surface area (Å²) in [5.41, 5.74) is 3.95. The first-order valence-corrected chi connectivity index (χ1v) is 9.82. The van der Waals surface area contributed by atoms with Crippen LogP contribution in [-0.4, -0.2) is 26.7 Å². The predicted octanol–water partition coefficient (Wildman–Crippen LogP) is 4.53. The highest BCUT2D eigenvalue weighted by atomic mass is 16.2. The van der Waals surface area contributed by atoms with E-state index >= 15 is 0 Å². The van der Waals surface area contributed by atoms with Crippen LogP contribution in [-0.2, 0) is 0 Å². The predicted molar refractivity (Wildman–Crippen MR) is 115 cm³/mol. The lowest BCUT2D eigenvalue weighted by Crippen LogP contribution is -2.33. The van der Waals surface area contributed by atoms with Crippen molar-refractivity contribution in [1.29, 1.82) is 5.26 Å². The van der Waals surface area contributed by atoms with Gasteiger partial charge >= 0.3 is 0 Å². The Balaban J connectivity index is 1.73. The maximum atomic E-state index is 13.1. The molecule has 1 aliphatic heterocycles. The van der Waals surface area contributed by atoms with Crippen LogP contribution in [0.3, 0.4) is 0 Å². The van der Waals surface area contributed by atoms with Crippen molar-refractivity contribution in [3.63, 3.8) is 0 Å². The van der Waals surface area contributed by atoms with E-state index < -0.39 is 6.04 Å². The molecule has 4 aromatic rings. The van der Waals surface area contributed by atoms with Gasteiger partial charge in [0.2, 0.25) is 0 Å². The molecule has 148 valence electrons. The highest BCUT2D eigenvalue weighted by molar-refractivity contribution is 6.21. The molecule has 2 aromatic heterocycles. The second kappa shape index (κ2) is 7.15. The van der Waals surface area contributed by atoms with Gasteiger partial charge in [-0.2, -0.15) is 5.26 Å². The summed E-state index contributed by atoms with van der Waals surface area (Å²) in [5.74, 6) is -0.656. The van der Waals surface area contributed by atoms with Crippen LogP contribution in [0.4, 0.5) is 0 Å². The fourth-order valence-electron chi connectivity index (χ4n) is 4.14. The zero-order valence-corrected chi connectivity index (χ0v) is 16.6. The Bertz CT molecular complexity index is 1370. The fraction of sp³-hybridized carbons (Fsp3) is 0.0800. The van der Waals surface area contributed by atoms with Gasteiger partial charge in [0.25, 0.3) is 11.8 Å². The van der Waals surface area contributed by atoms with Gasteiger partial charge in [-0.05, 0) is 37.3 Å². The minimum atomic E-state index is -0.577. The Labute approximate surface area is 178 Å². The molecule has 0 aliphatic carbocycles. The number of carbonyl (C=O) groups is 2. The number of nitriles is 1. The number of imide groups is 1. The zero-order valence-electron chi connectivity index (χ0n) is 16.6. The van der Waals surface area contributed by atoms with E-state index in [4.69, 9.17) is 0 Å². The highest BCUT2D eigenvalue weighted by Crippen LogP contribution is 2.38. The van der Waals surface area contributed by atoms with E-state index in [1.807, 2.05) is 31.2 Å². The third kappa shape index (κ3) is 2.79. The molecule has 1 atom stereocenters. The second-order valence-corrected chi connectivity index (χ2v) is 7.32. The molecule has 1 aliphatic rings. The van der Waals surface area contributed by atoms with E-state index in [0.29, 0.717) is 33.5 Å². The largest absolute Gasteiger partial charge is 0.269 e. The number of hydrogen-bond donors (Lipinski definition) is 0. The van der Waals surface area contributed by atoms with Gasteiger partial charge in [0.1, 0.15) is 6.07 Å². The fourth-order valence-corrected chi connectivity index (χ4v) is 4.14. The average Bonchev–Trinajstić information content (AvgIpc) is 3.08. The molecule has 0 radical (unpaired) electrons. The van der Waals surface area contributed by atoms with Crippen molar-refractivity contribution in [2.45, 2.75) is 13.0 Å². The number of rotatable bonds is 3. The van der Waals surface area contributed by atoms with Crippen LogP contribution in [0.2, 0.25) is 0 Å². The van der Waals surface area contributed by atoms with Crippen LogP contribution in [0.25, 0.3) is 22.2 Å². The summed E-state index contributed by atoms with van der Waals surface area (Å²) in [6.07, 6.45) is 3.33. The molecule has 0 fully saturated rings. The van der Waals surface area contributed by atoms with Crippen molar-refractivity contribution in [3.8, 4) is 17.3 Å². The van der Waals surface area contributed by atoms with E-state index in [1.54, 1.807) is 48.8 Å². The third-order valence-corrected chi connectivity index (χ3v) is 5.63. The van der Waals surface area contributed by atoms with Gasteiger partial charge in [-0.1, -0.05) is 30.3 Å². The molecular formula is C25H16N4O2. The first-order chi connectivity index (χ1) is 15.1. The molecule has 6 heteroatoms. The van der Waals surface area contributed by atoms with Gasteiger partial charge in [-0.15, -0.1) is 0 Å². The van der Waals surface area contributed by atoms with E-state index in [9.17, 15) is 14.9 Å². The van der Waals surface area contributed by atoms with Gasteiger partial charge < -0.3 is 0 Å². The lowest BCUT2D eigenvalue weighted by Gasteiger charge is -2.25. The van der Waals surface area contributed by atoms with Crippen LogP contribution in [0.1, 0.15) is 44.8 Å². The number of amides is 2. The standard InChI is InChI=1S/C25H16N4O2/c1-15(29-24(30)17-8-2-3-9-18(17)25(29)31)20-14-28-23-16(13-26)7-6-10-19(23)22(20)21-11-4-5-12-27-21/h2-12,14-15H,1H3. The second-order valence-electron chi connectivity index (χ2n) is 7.32. The first-order valence-electron chi connectivity index (χ1n) is 9.82. The Morgan fingerprint density at radius 1 is 0.903 bits per heavy atom. The average molecular weight is 404 g/mol. The van der Waals surface area contributed by atoms with Gasteiger partial charge in [-0.3, -0.25) is 24.5 Å². The molecule has 0 saturated carbocycles. The normalized spacial score (nSPS) is 13.9. The lowest BCUT2D eigenvalue weighted by molar-refractivity contribution is 0.0595. The van der Waals surface area contributed by atoms with Gasteiger partial charge in [0.15, 0.2) is 0 Å². The molecule has 0 saturated heterocycles. The van der Waals surface area contributed by atoms with Crippen LogP contribution in [0.5, 0.6) is 0 Å². The Morgan fingerprint density at radius 3 is 2.26 bits per heavy atom. The molecular weight excluding hydrogens is 388 g/mol. The summed E-state index contributed by atoms with van der Waals surface area (Å²) in [6.45, 7) is 1.81. The number of hydrogen-bond acceptors (Lipinski definition) is 5. The van der Waals surface area contributed by atoms with Crippen molar-refractivity contribution in [2.75, 3.05) is 0 Å². The molecule has 31 heavy (non-hydrogen) atoms. The van der Waals surface area contributed by atoms with Crippen molar-refractivity contribution in [2.24, 2.45) is 0 Å². The molecule has 0 spiro atoms. The maximum Gasteiger partial charge on any atom is 0.262 e. The Hall–Kier alpha value is -4.37. The smallest absolute Gasteiger partial charge is 0.262 e. The van der Waals surface area contributed by atoms with Crippen molar-refractivity contribution >= 4 is 22.7 Å². The number of carbonyl (C=O) groups excluding carboxylic acids is 2. The molecule has 1 unspecified atom stereocenters. The molecule has 0 N–H and O–H groups in total. The molecule has 0 bridgehead atoms. The topological polar surface area (TPSA) is 86.9 Å². The van der Waals surface area contributed by atoms with Crippen LogP contribution in [0, 0.1) is 11.3 Å². The summed E-state index contributed by atoms with van der Waals surface area (Å²) in [4.78, 5) is 36.4. The highest BCUT2D eigenvalue weighted by Gasteiger charge is 2.39. The zero-order chi connectivity index (χ0) is 21.5. The SMILES string of the molecule is CC(c1cnc2c(C#N)cccc2c1-c1ccccn1)N1C(=O)c2ccccc2C1=O. The molecule has 2 amide bonds. The van der Waals surface area contributed by atoms with E-state index in [-0.39, 0.29) is 11.8 Å². The third-order valence-electron chi connectivity index (χ3n) is 5.63. The quantitative estimate of drug-likeness (QED) is 0.468. The Kier molecular flexibility index (Phi) is 4.30. The van der Waals surface area contributed by atoms with Gasteiger partial charge in [0, 0.05) is 28.9 Å². The number of nitrogens with zero attached hydrogens (tertiary/aromatic N) is 4. The lowest BCUT2D eigenvalue weighted by atomic mass is 9.94. The molecule has 3 heterocycles. The van der Waals surface area contributed by atoms with Gasteiger partial charge in [0.05, 0.1) is 33.9 Å².